The Morgan fingerprint density at radius 1 is 1.27 bits per heavy atom. The van der Waals surface area contributed by atoms with Crippen LogP contribution in [0.3, 0.4) is 0 Å². The van der Waals surface area contributed by atoms with Gasteiger partial charge < -0.3 is 9.72 Å². The molecule has 5 nitrogen and oxygen atoms in total. The first-order valence-electron chi connectivity index (χ1n) is 8.04. The number of hydrogen-bond donors (Lipinski definition) is 1. The molecule has 0 amide bonds. The SMILES string of the molecule is CCOC(=O)C(=O)CCCc1[nH]ccc1C(=O)C1CCCC1. The molecule has 2 rings (SSSR count). The second-order valence-electron chi connectivity index (χ2n) is 5.71. The molecule has 1 aliphatic rings. The zero-order valence-corrected chi connectivity index (χ0v) is 13.0. The van der Waals surface area contributed by atoms with Gasteiger partial charge in [-0.25, -0.2) is 4.79 Å². The highest BCUT2D eigenvalue weighted by atomic mass is 16.5. The summed E-state index contributed by atoms with van der Waals surface area (Å²) in [5, 5.41) is 0. The van der Waals surface area contributed by atoms with Gasteiger partial charge >= 0.3 is 5.97 Å². The van der Waals surface area contributed by atoms with Crippen LogP contribution in [0.25, 0.3) is 0 Å². The molecule has 0 unspecified atom stereocenters. The maximum absolute atomic E-state index is 12.5. The van der Waals surface area contributed by atoms with Crippen molar-refractivity contribution in [2.24, 2.45) is 5.92 Å². The molecule has 1 saturated carbocycles. The zero-order chi connectivity index (χ0) is 15.9. The van der Waals surface area contributed by atoms with Crippen LogP contribution in [-0.2, 0) is 20.7 Å². The normalized spacial score (nSPS) is 15.0. The summed E-state index contributed by atoms with van der Waals surface area (Å²) in [6.07, 6.45) is 7.25. The topological polar surface area (TPSA) is 76.2 Å². The van der Waals surface area contributed by atoms with Crippen LogP contribution in [0.1, 0.15) is 61.5 Å². The molecule has 0 radical (unpaired) electrons. The molecule has 0 aliphatic heterocycles. The lowest BCUT2D eigenvalue weighted by molar-refractivity contribution is -0.153. The first kappa shape index (κ1) is 16.5. The second-order valence-corrected chi connectivity index (χ2v) is 5.71. The van der Waals surface area contributed by atoms with Crippen LogP contribution in [-0.4, -0.2) is 29.1 Å². The number of carbonyl (C=O) groups is 3. The van der Waals surface area contributed by atoms with Crippen molar-refractivity contribution in [3.63, 3.8) is 0 Å². The lowest BCUT2D eigenvalue weighted by Gasteiger charge is -2.08. The number of carbonyl (C=O) groups excluding carboxylic acids is 3. The number of aromatic nitrogens is 1. The van der Waals surface area contributed by atoms with E-state index in [1.165, 1.54) is 0 Å². The van der Waals surface area contributed by atoms with Crippen molar-refractivity contribution in [2.75, 3.05) is 6.61 Å². The molecule has 1 aliphatic carbocycles. The molecule has 1 N–H and O–H groups in total. The van der Waals surface area contributed by atoms with Crippen LogP contribution >= 0.6 is 0 Å². The number of H-pyrrole nitrogens is 1. The summed E-state index contributed by atoms with van der Waals surface area (Å²) in [5.41, 5.74) is 1.61. The van der Waals surface area contributed by atoms with E-state index in [9.17, 15) is 14.4 Å². The predicted molar refractivity (Wildman–Crippen MR) is 81.7 cm³/mol. The van der Waals surface area contributed by atoms with Gasteiger partial charge in [0.25, 0.3) is 0 Å². The fraction of sp³-hybridized carbons (Fsp3) is 0.588. The Balaban J connectivity index is 1.86. The van der Waals surface area contributed by atoms with E-state index in [0.717, 1.165) is 36.9 Å². The van der Waals surface area contributed by atoms with Gasteiger partial charge in [0.1, 0.15) is 0 Å². The fourth-order valence-electron chi connectivity index (χ4n) is 2.99. The van der Waals surface area contributed by atoms with Crippen molar-refractivity contribution in [3.8, 4) is 0 Å². The number of Topliss-reactive ketones (excluding diaryl/α,β-unsaturated/α-hetero) is 2. The number of ether oxygens (including phenoxy) is 1. The van der Waals surface area contributed by atoms with E-state index in [0.29, 0.717) is 12.8 Å². The van der Waals surface area contributed by atoms with Gasteiger partial charge in [-0.3, -0.25) is 9.59 Å². The van der Waals surface area contributed by atoms with Gasteiger partial charge in [0, 0.05) is 29.8 Å². The van der Waals surface area contributed by atoms with Gasteiger partial charge in [0.05, 0.1) is 6.61 Å². The summed E-state index contributed by atoms with van der Waals surface area (Å²) in [4.78, 5) is 38.3. The summed E-state index contributed by atoms with van der Waals surface area (Å²) in [5.74, 6) is -0.908. The Kier molecular flexibility index (Phi) is 5.92. The van der Waals surface area contributed by atoms with Gasteiger partial charge in [-0.1, -0.05) is 12.8 Å². The highest BCUT2D eigenvalue weighted by Gasteiger charge is 2.26. The van der Waals surface area contributed by atoms with Crippen molar-refractivity contribution >= 4 is 17.5 Å². The molecule has 0 bridgehead atoms. The quantitative estimate of drug-likeness (QED) is 0.455. The maximum Gasteiger partial charge on any atom is 0.374 e. The Labute approximate surface area is 130 Å². The van der Waals surface area contributed by atoms with Crippen LogP contribution in [0.2, 0.25) is 0 Å². The van der Waals surface area contributed by atoms with Crippen LogP contribution in [0.5, 0.6) is 0 Å². The first-order chi connectivity index (χ1) is 10.6. The minimum absolute atomic E-state index is 0.148. The zero-order valence-electron chi connectivity index (χ0n) is 13.0. The van der Waals surface area contributed by atoms with Crippen LogP contribution in [0.4, 0.5) is 0 Å². The largest absolute Gasteiger partial charge is 0.460 e. The van der Waals surface area contributed by atoms with Crippen LogP contribution in [0.15, 0.2) is 12.3 Å². The minimum atomic E-state index is -0.767. The summed E-state index contributed by atoms with van der Waals surface area (Å²) in [6, 6.07) is 1.82. The van der Waals surface area contributed by atoms with E-state index in [4.69, 9.17) is 0 Å². The smallest absolute Gasteiger partial charge is 0.374 e. The lowest BCUT2D eigenvalue weighted by atomic mass is 9.95. The minimum Gasteiger partial charge on any atom is -0.460 e. The molecule has 0 saturated heterocycles. The Morgan fingerprint density at radius 2 is 2.00 bits per heavy atom. The molecule has 1 aromatic rings. The molecule has 1 fully saturated rings. The summed E-state index contributed by atoms with van der Waals surface area (Å²) >= 11 is 0. The second kappa shape index (κ2) is 7.92. The monoisotopic (exact) mass is 305 g/mol. The number of aryl methyl sites for hydroxylation is 1. The first-order valence-corrected chi connectivity index (χ1v) is 8.04. The Morgan fingerprint density at radius 3 is 2.68 bits per heavy atom. The molecule has 120 valence electrons. The molecule has 0 spiro atoms. The number of esters is 1. The third-order valence-corrected chi connectivity index (χ3v) is 4.16. The van der Waals surface area contributed by atoms with Crippen molar-refractivity contribution in [3.05, 3.63) is 23.5 Å². The van der Waals surface area contributed by atoms with Crippen molar-refractivity contribution in [1.82, 2.24) is 4.98 Å². The van der Waals surface area contributed by atoms with E-state index in [-0.39, 0.29) is 24.7 Å². The highest BCUT2D eigenvalue weighted by Crippen LogP contribution is 2.29. The van der Waals surface area contributed by atoms with E-state index in [1.54, 1.807) is 13.1 Å². The van der Waals surface area contributed by atoms with Gasteiger partial charge in [-0.05, 0) is 38.7 Å². The van der Waals surface area contributed by atoms with Crippen molar-refractivity contribution in [1.29, 1.82) is 0 Å². The van der Waals surface area contributed by atoms with Gasteiger partial charge in [0.15, 0.2) is 5.78 Å². The van der Waals surface area contributed by atoms with E-state index in [2.05, 4.69) is 9.72 Å². The van der Waals surface area contributed by atoms with E-state index < -0.39 is 11.8 Å². The fourth-order valence-corrected chi connectivity index (χ4v) is 2.99. The molecular formula is C17H23NO4. The van der Waals surface area contributed by atoms with E-state index >= 15 is 0 Å². The third-order valence-electron chi connectivity index (χ3n) is 4.16. The summed E-state index contributed by atoms with van der Waals surface area (Å²) in [7, 11) is 0. The number of nitrogens with one attached hydrogen (secondary N) is 1. The van der Waals surface area contributed by atoms with Crippen molar-refractivity contribution in [2.45, 2.75) is 51.9 Å². The molecular weight excluding hydrogens is 282 g/mol. The predicted octanol–water partition coefficient (Wildman–Crippen LogP) is 2.84. The highest BCUT2D eigenvalue weighted by molar-refractivity contribution is 6.33. The molecule has 0 aromatic carbocycles. The van der Waals surface area contributed by atoms with Gasteiger partial charge in [-0.15, -0.1) is 0 Å². The van der Waals surface area contributed by atoms with Crippen molar-refractivity contribution < 1.29 is 19.1 Å². The molecule has 1 heterocycles. The number of hydrogen-bond acceptors (Lipinski definition) is 4. The number of ketones is 2. The molecule has 22 heavy (non-hydrogen) atoms. The average molecular weight is 305 g/mol. The van der Waals surface area contributed by atoms with Crippen LogP contribution in [0, 0.1) is 5.92 Å². The molecule has 0 atom stereocenters. The van der Waals surface area contributed by atoms with Gasteiger partial charge in [-0.2, -0.15) is 0 Å². The molecule has 5 heteroatoms. The Bertz CT molecular complexity index is 541. The average Bonchev–Trinajstić information content (AvgIpc) is 3.18. The standard InChI is InChI=1S/C17H23NO4/c1-2-22-17(21)15(19)9-5-8-14-13(10-11-18-14)16(20)12-6-3-4-7-12/h10-12,18H,2-9H2,1H3. The van der Waals surface area contributed by atoms with Gasteiger partial charge in [0.2, 0.25) is 5.78 Å². The molecule has 1 aromatic heterocycles. The van der Waals surface area contributed by atoms with Crippen LogP contribution < -0.4 is 0 Å². The summed E-state index contributed by atoms with van der Waals surface area (Å²) in [6.45, 7) is 1.88. The summed E-state index contributed by atoms with van der Waals surface area (Å²) < 4.78 is 4.67. The number of rotatable bonds is 8. The lowest BCUT2D eigenvalue weighted by Crippen LogP contribution is -2.17. The van der Waals surface area contributed by atoms with E-state index in [1.807, 2.05) is 6.07 Å². The third kappa shape index (κ3) is 4.06. The maximum atomic E-state index is 12.5. The Hall–Kier alpha value is -1.91. The number of aromatic amines is 1.